The zero-order valence-electron chi connectivity index (χ0n) is 15.0. The van der Waals surface area contributed by atoms with E-state index in [1.165, 1.54) is 17.4 Å². The first-order chi connectivity index (χ1) is 12.2. The van der Waals surface area contributed by atoms with Gasteiger partial charge in [-0.1, -0.05) is 44.6 Å². The summed E-state index contributed by atoms with van der Waals surface area (Å²) in [5, 5.41) is 4.14. The van der Waals surface area contributed by atoms with Crippen LogP contribution in [-0.4, -0.2) is 15.7 Å². The Balaban J connectivity index is 2.46. The molecule has 0 spiro atoms. The molecule has 0 aliphatic carbocycles. The molecule has 0 radical (unpaired) electrons. The molecule has 4 nitrogen and oxygen atoms in total. The normalized spacial score (nSPS) is 12.8. The number of hydrogen-bond donors (Lipinski definition) is 0. The summed E-state index contributed by atoms with van der Waals surface area (Å²) in [6, 6.07) is 3.31. The maximum atomic E-state index is 13.0. The predicted molar refractivity (Wildman–Crippen MR) is 94.9 cm³/mol. The lowest BCUT2D eigenvalue weighted by molar-refractivity contribution is -0.137. The average molecular weight is 385 g/mol. The zero-order chi connectivity index (χ0) is 19.3. The summed E-state index contributed by atoms with van der Waals surface area (Å²) < 4.78 is 40.7. The molecule has 0 fully saturated rings. The van der Waals surface area contributed by atoms with Crippen LogP contribution in [0.5, 0.6) is 0 Å². The van der Waals surface area contributed by atoms with Crippen molar-refractivity contribution in [3.8, 4) is 0 Å². The van der Waals surface area contributed by atoms with Crippen molar-refractivity contribution in [2.45, 2.75) is 52.8 Å². The van der Waals surface area contributed by atoms with Crippen molar-refractivity contribution >= 4 is 17.2 Å². The zero-order valence-corrected chi connectivity index (χ0v) is 15.8. The minimum absolute atomic E-state index is 0.0118. The van der Waals surface area contributed by atoms with Gasteiger partial charge >= 0.3 is 6.18 Å². The van der Waals surface area contributed by atoms with Crippen LogP contribution in [-0.2, 0) is 19.1 Å². The summed E-state index contributed by atoms with van der Waals surface area (Å²) in [5.41, 5.74) is 1.33. The van der Waals surface area contributed by atoms with E-state index >= 15 is 0 Å². The van der Waals surface area contributed by atoms with Crippen molar-refractivity contribution in [2.75, 3.05) is 0 Å². The third-order valence-electron chi connectivity index (χ3n) is 3.77. The van der Waals surface area contributed by atoms with Gasteiger partial charge in [0.25, 0.3) is 5.91 Å². The van der Waals surface area contributed by atoms with Crippen LogP contribution in [0, 0.1) is 5.92 Å². The highest BCUT2D eigenvalue weighted by Crippen LogP contribution is 2.31. The topological polar surface area (TPSA) is 47.2 Å². The Morgan fingerprint density at radius 1 is 1.35 bits per heavy atom. The summed E-state index contributed by atoms with van der Waals surface area (Å²) in [7, 11) is 0. The number of amides is 1. The van der Waals surface area contributed by atoms with Crippen molar-refractivity contribution in [1.29, 1.82) is 0 Å². The molecule has 8 heteroatoms. The van der Waals surface area contributed by atoms with Crippen molar-refractivity contribution in [3.63, 3.8) is 0 Å². The smallest absolute Gasteiger partial charge is 0.267 e. The van der Waals surface area contributed by atoms with E-state index in [1.807, 2.05) is 20.8 Å². The van der Waals surface area contributed by atoms with Gasteiger partial charge in [0.2, 0.25) is 4.80 Å². The Labute approximate surface area is 154 Å². The second-order valence-electron chi connectivity index (χ2n) is 6.49. The number of carbonyl (C=O) groups is 1. The number of alkyl halides is 3. The lowest BCUT2D eigenvalue weighted by Gasteiger charge is -2.11. The number of halogens is 3. The van der Waals surface area contributed by atoms with Crippen molar-refractivity contribution in [2.24, 2.45) is 10.9 Å². The van der Waals surface area contributed by atoms with E-state index in [1.54, 1.807) is 10.2 Å². The highest BCUT2D eigenvalue weighted by Gasteiger charge is 2.31. The average Bonchev–Trinajstić information content (AvgIpc) is 2.97. The fraction of sp³-hybridized carbons (Fsp3) is 0.500. The quantitative estimate of drug-likeness (QED) is 0.723. The molecular weight excluding hydrogens is 363 g/mol. The molecule has 1 aromatic heterocycles. The van der Waals surface area contributed by atoms with Crippen LogP contribution in [0.25, 0.3) is 0 Å². The van der Waals surface area contributed by atoms with Gasteiger partial charge in [0.1, 0.15) is 5.51 Å². The lowest BCUT2D eigenvalue weighted by Crippen LogP contribution is -2.21. The molecule has 1 amide bonds. The second-order valence-corrected chi connectivity index (χ2v) is 7.30. The summed E-state index contributed by atoms with van der Waals surface area (Å²) in [6.45, 7) is 6.59. The predicted octanol–water partition coefficient (Wildman–Crippen LogP) is 4.70. The van der Waals surface area contributed by atoms with E-state index in [0.29, 0.717) is 29.2 Å². The van der Waals surface area contributed by atoms with E-state index < -0.39 is 17.6 Å². The Kier molecular flexibility index (Phi) is 6.75. The molecule has 0 atom stereocenters. The van der Waals surface area contributed by atoms with Crippen LogP contribution < -0.4 is 4.80 Å². The van der Waals surface area contributed by atoms with E-state index in [4.69, 9.17) is 0 Å². The SMILES string of the molecule is CCCCc1ccc(C(F)(F)F)cc1C(=O)N=c1scnn1CC(C)C. The van der Waals surface area contributed by atoms with Gasteiger partial charge in [-0.3, -0.25) is 4.79 Å². The molecule has 0 saturated carbocycles. The largest absolute Gasteiger partial charge is 0.416 e. The Morgan fingerprint density at radius 2 is 2.08 bits per heavy atom. The number of hydrogen-bond acceptors (Lipinski definition) is 3. The van der Waals surface area contributed by atoms with E-state index in [-0.39, 0.29) is 5.56 Å². The number of benzene rings is 1. The lowest BCUT2D eigenvalue weighted by atomic mass is 9.98. The molecule has 0 saturated heterocycles. The molecule has 0 unspecified atom stereocenters. The molecule has 0 N–H and O–H groups in total. The number of aryl methyl sites for hydroxylation is 1. The molecule has 1 heterocycles. The molecular formula is C18H22F3N3OS. The van der Waals surface area contributed by atoms with Crippen molar-refractivity contribution < 1.29 is 18.0 Å². The summed E-state index contributed by atoms with van der Waals surface area (Å²) in [5.74, 6) is -0.358. The van der Waals surface area contributed by atoms with Gasteiger partial charge in [0.15, 0.2) is 0 Å². The highest BCUT2D eigenvalue weighted by atomic mass is 32.1. The Hall–Kier alpha value is -1.96. The van der Waals surface area contributed by atoms with Gasteiger partial charge in [0, 0.05) is 12.1 Å². The molecule has 2 rings (SSSR count). The summed E-state index contributed by atoms with van der Waals surface area (Å²) in [6.07, 6.45) is -2.28. The first kappa shape index (κ1) is 20.4. The molecule has 0 bridgehead atoms. The molecule has 0 aliphatic rings. The van der Waals surface area contributed by atoms with Gasteiger partial charge in [-0.05, 0) is 36.5 Å². The number of unbranched alkanes of at least 4 members (excludes halogenated alkanes) is 1. The highest BCUT2D eigenvalue weighted by molar-refractivity contribution is 7.06. The van der Waals surface area contributed by atoms with E-state index in [0.717, 1.165) is 25.0 Å². The number of nitrogens with zero attached hydrogens (tertiary/aromatic N) is 3. The Morgan fingerprint density at radius 3 is 2.69 bits per heavy atom. The maximum Gasteiger partial charge on any atom is 0.416 e. The monoisotopic (exact) mass is 385 g/mol. The fourth-order valence-electron chi connectivity index (χ4n) is 2.48. The van der Waals surface area contributed by atoms with Gasteiger partial charge in [-0.25, -0.2) is 4.68 Å². The van der Waals surface area contributed by atoms with E-state index in [9.17, 15) is 18.0 Å². The minimum Gasteiger partial charge on any atom is -0.267 e. The Bertz CT molecular complexity index is 822. The summed E-state index contributed by atoms with van der Waals surface area (Å²) in [4.78, 5) is 17.1. The van der Waals surface area contributed by atoms with Gasteiger partial charge in [-0.2, -0.15) is 23.3 Å². The van der Waals surface area contributed by atoms with E-state index in [2.05, 4.69) is 10.1 Å². The van der Waals surface area contributed by atoms with Crippen LogP contribution >= 0.6 is 11.3 Å². The van der Waals surface area contributed by atoms with Gasteiger partial charge in [0.05, 0.1) is 5.56 Å². The third kappa shape index (κ3) is 5.27. The van der Waals surface area contributed by atoms with Crippen LogP contribution in [0.3, 0.4) is 0 Å². The molecule has 2 aromatic rings. The number of rotatable bonds is 6. The second kappa shape index (κ2) is 8.62. The standard InChI is InChI=1S/C18H22F3N3OS/c1-4-5-6-13-7-8-14(18(19,20)21)9-15(13)16(25)23-17-24(10-12(2)3)22-11-26-17/h7-9,11-12H,4-6,10H2,1-3H3. The molecule has 142 valence electrons. The van der Waals surface area contributed by atoms with Crippen LogP contribution in [0.1, 0.15) is 55.1 Å². The first-order valence-electron chi connectivity index (χ1n) is 8.52. The number of carbonyl (C=O) groups excluding carboxylic acids is 1. The molecule has 0 aliphatic heterocycles. The van der Waals surface area contributed by atoms with Gasteiger partial charge in [-0.15, -0.1) is 0 Å². The van der Waals surface area contributed by atoms with Crippen LogP contribution in [0.2, 0.25) is 0 Å². The minimum atomic E-state index is -4.50. The summed E-state index contributed by atoms with van der Waals surface area (Å²) >= 11 is 1.19. The van der Waals surface area contributed by atoms with Crippen molar-refractivity contribution in [3.05, 3.63) is 45.2 Å². The molecule has 1 aromatic carbocycles. The first-order valence-corrected chi connectivity index (χ1v) is 9.40. The molecule has 26 heavy (non-hydrogen) atoms. The maximum absolute atomic E-state index is 13.0. The van der Waals surface area contributed by atoms with Crippen molar-refractivity contribution in [1.82, 2.24) is 9.78 Å². The van der Waals surface area contributed by atoms with Gasteiger partial charge < -0.3 is 0 Å². The third-order valence-corrected chi connectivity index (χ3v) is 4.48. The van der Waals surface area contributed by atoms with Crippen LogP contribution in [0.4, 0.5) is 13.2 Å². The fourth-order valence-corrected chi connectivity index (χ4v) is 3.11. The van der Waals surface area contributed by atoms with Crippen LogP contribution in [0.15, 0.2) is 28.7 Å². The number of aromatic nitrogens is 2.